The second-order valence-electron chi connectivity index (χ2n) is 6.12. The number of halogens is 1. The van der Waals surface area contributed by atoms with Gasteiger partial charge in [-0.1, -0.05) is 23.7 Å². The van der Waals surface area contributed by atoms with Gasteiger partial charge >= 0.3 is 12.0 Å². The van der Waals surface area contributed by atoms with E-state index in [-0.39, 0.29) is 24.4 Å². The lowest BCUT2D eigenvalue weighted by Gasteiger charge is -2.26. The van der Waals surface area contributed by atoms with Crippen molar-refractivity contribution < 1.29 is 19.5 Å². The van der Waals surface area contributed by atoms with E-state index in [4.69, 9.17) is 16.7 Å². The quantitative estimate of drug-likeness (QED) is 0.615. The molecule has 0 unspecified atom stereocenters. The first kappa shape index (κ1) is 19.1. The number of amides is 3. The van der Waals surface area contributed by atoms with Crippen molar-refractivity contribution in [2.24, 2.45) is 5.92 Å². The molecule has 1 aromatic rings. The minimum absolute atomic E-state index is 0.0259. The Kier molecular flexibility index (Phi) is 7.06. The molecule has 0 aromatic heterocycles. The molecule has 1 aliphatic carbocycles. The van der Waals surface area contributed by atoms with Crippen LogP contribution in [0.5, 0.6) is 0 Å². The minimum Gasteiger partial charge on any atom is -0.481 e. The zero-order valence-electron chi connectivity index (χ0n) is 13.8. The van der Waals surface area contributed by atoms with Crippen LogP contribution in [0.4, 0.5) is 4.79 Å². The molecule has 1 fully saturated rings. The van der Waals surface area contributed by atoms with Gasteiger partial charge in [0.25, 0.3) is 0 Å². The van der Waals surface area contributed by atoms with Gasteiger partial charge in [0, 0.05) is 17.6 Å². The number of benzene rings is 1. The summed E-state index contributed by atoms with van der Waals surface area (Å²) < 4.78 is 0. The normalized spacial score (nSPS) is 19.7. The molecule has 0 saturated heterocycles. The zero-order chi connectivity index (χ0) is 18.2. The second kappa shape index (κ2) is 9.27. The lowest BCUT2D eigenvalue weighted by Crippen LogP contribution is -2.45. The maximum absolute atomic E-state index is 11.9. The lowest BCUT2D eigenvalue weighted by atomic mass is 9.86. The number of carboxylic acids is 1. The van der Waals surface area contributed by atoms with Crippen molar-refractivity contribution in [2.45, 2.75) is 38.3 Å². The third kappa shape index (κ3) is 6.62. The predicted octanol–water partition coefficient (Wildman–Crippen LogP) is 1.90. The van der Waals surface area contributed by atoms with Gasteiger partial charge in [-0.05, 0) is 43.4 Å². The van der Waals surface area contributed by atoms with E-state index in [0.29, 0.717) is 37.3 Å². The summed E-state index contributed by atoms with van der Waals surface area (Å²) in [5.74, 6) is -1.37. The first-order chi connectivity index (χ1) is 11.9. The largest absolute Gasteiger partial charge is 0.481 e. The highest BCUT2D eigenvalue weighted by Crippen LogP contribution is 2.24. The lowest BCUT2D eigenvalue weighted by molar-refractivity contribution is -0.142. The summed E-state index contributed by atoms with van der Waals surface area (Å²) in [5, 5.41) is 17.6. The number of carboxylic acid groups (broad SMARTS) is 1. The highest BCUT2D eigenvalue weighted by Gasteiger charge is 2.26. The summed E-state index contributed by atoms with van der Waals surface area (Å²) in [6, 6.07) is 6.64. The molecule has 0 bridgehead atoms. The summed E-state index contributed by atoms with van der Waals surface area (Å²) >= 11 is 5.79. The molecule has 1 saturated carbocycles. The Morgan fingerprint density at radius 3 is 2.28 bits per heavy atom. The van der Waals surface area contributed by atoms with E-state index >= 15 is 0 Å². The van der Waals surface area contributed by atoms with Gasteiger partial charge < -0.3 is 21.1 Å². The van der Waals surface area contributed by atoms with Crippen molar-refractivity contribution in [3.63, 3.8) is 0 Å². The summed E-state index contributed by atoms with van der Waals surface area (Å²) in [4.78, 5) is 34.5. The summed E-state index contributed by atoms with van der Waals surface area (Å²) in [7, 11) is 0. The van der Waals surface area contributed by atoms with Crippen molar-refractivity contribution >= 4 is 29.5 Å². The highest BCUT2D eigenvalue weighted by atomic mass is 35.5. The van der Waals surface area contributed by atoms with Gasteiger partial charge in [-0.2, -0.15) is 0 Å². The fourth-order valence-electron chi connectivity index (χ4n) is 2.77. The SMILES string of the molecule is O=C(CNC(=O)NCc1ccc(Cl)cc1)NC1CCC(C(=O)O)CC1. The van der Waals surface area contributed by atoms with Crippen molar-refractivity contribution in [1.29, 1.82) is 0 Å². The number of hydrogen-bond acceptors (Lipinski definition) is 3. The zero-order valence-corrected chi connectivity index (χ0v) is 14.5. The van der Waals surface area contributed by atoms with Crippen LogP contribution in [0, 0.1) is 5.92 Å². The average molecular weight is 368 g/mol. The average Bonchev–Trinajstić information content (AvgIpc) is 2.60. The van der Waals surface area contributed by atoms with Crippen LogP contribution in [0.2, 0.25) is 5.02 Å². The summed E-state index contributed by atoms with van der Waals surface area (Å²) in [6.07, 6.45) is 2.42. The van der Waals surface area contributed by atoms with E-state index < -0.39 is 12.0 Å². The van der Waals surface area contributed by atoms with Crippen molar-refractivity contribution in [3.8, 4) is 0 Å². The first-order valence-corrected chi connectivity index (χ1v) is 8.60. The Hall–Kier alpha value is -2.28. The monoisotopic (exact) mass is 367 g/mol. The van der Waals surface area contributed by atoms with Gasteiger partial charge in [-0.25, -0.2) is 4.79 Å². The van der Waals surface area contributed by atoms with E-state index in [1.807, 2.05) is 12.1 Å². The first-order valence-electron chi connectivity index (χ1n) is 8.22. The molecular weight excluding hydrogens is 346 g/mol. The van der Waals surface area contributed by atoms with Gasteiger partial charge in [0.1, 0.15) is 0 Å². The molecule has 2 rings (SSSR count). The van der Waals surface area contributed by atoms with Crippen LogP contribution in [0.15, 0.2) is 24.3 Å². The van der Waals surface area contributed by atoms with Gasteiger partial charge in [-0.3, -0.25) is 9.59 Å². The Labute approximate surface area is 151 Å². The Morgan fingerprint density at radius 1 is 1.04 bits per heavy atom. The number of carbonyl (C=O) groups is 3. The standard InChI is InChI=1S/C17H22ClN3O4/c18-13-5-1-11(2-6-13)9-19-17(25)20-10-15(22)21-14-7-3-12(4-8-14)16(23)24/h1-2,5-6,12,14H,3-4,7-10H2,(H,21,22)(H,23,24)(H2,19,20,25). The molecular formula is C17H22ClN3O4. The van der Waals surface area contributed by atoms with Gasteiger partial charge in [0.2, 0.25) is 5.91 Å². The summed E-state index contributed by atoms with van der Waals surface area (Å²) in [5.41, 5.74) is 0.902. The molecule has 0 spiro atoms. The number of nitrogens with one attached hydrogen (secondary N) is 3. The van der Waals surface area contributed by atoms with Crippen LogP contribution in [0.1, 0.15) is 31.2 Å². The van der Waals surface area contributed by atoms with E-state index in [9.17, 15) is 14.4 Å². The third-order valence-electron chi connectivity index (χ3n) is 4.22. The fraction of sp³-hybridized carbons (Fsp3) is 0.471. The maximum Gasteiger partial charge on any atom is 0.315 e. The predicted molar refractivity (Wildman–Crippen MR) is 93.2 cm³/mol. The number of carbonyl (C=O) groups excluding carboxylic acids is 2. The molecule has 136 valence electrons. The van der Waals surface area contributed by atoms with Crippen LogP contribution in [0.25, 0.3) is 0 Å². The molecule has 4 N–H and O–H groups in total. The number of aliphatic carboxylic acids is 1. The Balaban J connectivity index is 1.62. The van der Waals surface area contributed by atoms with Crippen LogP contribution in [-0.2, 0) is 16.1 Å². The van der Waals surface area contributed by atoms with Crippen LogP contribution in [-0.4, -0.2) is 35.6 Å². The van der Waals surface area contributed by atoms with Crippen molar-refractivity contribution in [3.05, 3.63) is 34.9 Å². The molecule has 7 nitrogen and oxygen atoms in total. The molecule has 1 aliphatic rings. The molecule has 0 heterocycles. The number of urea groups is 1. The third-order valence-corrected chi connectivity index (χ3v) is 4.47. The van der Waals surface area contributed by atoms with Gasteiger partial charge in [0.15, 0.2) is 0 Å². The maximum atomic E-state index is 11.9. The van der Waals surface area contributed by atoms with E-state index in [1.165, 1.54) is 0 Å². The Morgan fingerprint density at radius 2 is 1.68 bits per heavy atom. The number of hydrogen-bond donors (Lipinski definition) is 4. The molecule has 0 aliphatic heterocycles. The van der Waals surface area contributed by atoms with Gasteiger partial charge in [-0.15, -0.1) is 0 Å². The minimum atomic E-state index is -0.774. The van der Waals surface area contributed by atoms with Crippen LogP contribution in [0.3, 0.4) is 0 Å². The van der Waals surface area contributed by atoms with E-state index in [0.717, 1.165) is 5.56 Å². The smallest absolute Gasteiger partial charge is 0.315 e. The van der Waals surface area contributed by atoms with Gasteiger partial charge in [0.05, 0.1) is 12.5 Å². The van der Waals surface area contributed by atoms with Crippen LogP contribution >= 0.6 is 11.6 Å². The molecule has 0 radical (unpaired) electrons. The van der Waals surface area contributed by atoms with E-state index in [1.54, 1.807) is 12.1 Å². The molecule has 1 aromatic carbocycles. The number of rotatable bonds is 6. The molecule has 8 heteroatoms. The fourth-order valence-corrected chi connectivity index (χ4v) is 2.90. The van der Waals surface area contributed by atoms with Crippen molar-refractivity contribution in [1.82, 2.24) is 16.0 Å². The molecule has 3 amide bonds. The second-order valence-corrected chi connectivity index (χ2v) is 6.55. The van der Waals surface area contributed by atoms with Crippen molar-refractivity contribution in [2.75, 3.05) is 6.54 Å². The Bertz CT molecular complexity index is 613. The van der Waals surface area contributed by atoms with E-state index in [2.05, 4.69) is 16.0 Å². The molecule has 25 heavy (non-hydrogen) atoms. The molecule has 0 atom stereocenters. The van der Waals surface area contributed by atoms with Crippen LogP contribution < -0.4 is 16.0 Å². The summed E-state index contributed by atoms with van der Waals surface area (Å²) in [6.45, 7) is 0.217. The highest BCUT2D eigenvalue weighted by molar-refractivity contribution is 6.30. The topological polar surface area (TPSA) is 108 Å².